The Labute approximate surface area is 233 Å². The molecule has 1 aromatic rings. The third kappa shape index (κ3) is 16.7. The van der Waals surface area contributed by atoms with Gasteiger partial charge in [0.1, 0.15) is 12.3 Å². The Morgan fingerprint density at radius 1 is 1.11 bits per heavy atom. The fraction of sp³-hybridized carbons (Fsp3) is 0.577. The standard InChI is InChI=1S/C24H36N4O6.C2H6.BHS/c1-18-10-11-20(27-15-22(31)26-12-6-4-3-5-9-23(32)33)14-19(18)16-28(17-30)21(8-7-13-29)24(34)25-2;2*1-2/h10-11,13-14,17,21,27H,3-9,12,15-16H2,1-2H3,(H,25,34)(H,26,31)(H,32,33);1-2H3;2H. The van der Waals surface area contributed by atoms with Crippen LogP contribution in [0.2, 0.25) is 0 Å². The van der Waals surface area contributed by atoms with E-state index in [-0.39, 0.29) is 44.2 Å². The van der Waals surface area contributed by atoms with Crippen LogP contribution in [0.3, 0.4) is 0 Å². The maximum atomic E-state index is 12.2. The fourth-order valence-corrected chi connectivity index (χ4v) is 3.44. The van der Waals surface area contributed by atoms with E-state index in [0.29, 0.717) is 25.1 Å². The van der Waals surface area contributed by atoms with Crippen LogP contribution < -0.4 is 16.0 Å². The molecule has 1 rings (SSSR count). The van der Waals surface area contributed by atoms with Crippen molar-refractivity contribution >= 4 is 55.8 Å². The van der Waals surface area contributed by atoms with Crippen LogP contribution in [-0.2, 0) is 30.5 Å². The number of anilines is 1. The lowest BCUT2D eigenvalue weighted by Gasteiger charge is -2.27. The number of benzene rings is 1. The Bertz CT molecular complexity index is 844. The molecule has 0 fully saturated rings. The highest BCUT2D eigenvalue weighted by Crippen LogP contribution is 2.19. The van der Waals surface area contributed by atoms with E-state index in [1.165, 1.54) is 11.9 Å². The minimum Gasteiger partial charge on any atom is -0.481 e. The minimum atomic E-state index is -0.790. The number of amides is 3. The summed E-state index contributed by atoms with van der Waals surface area (Å²) >= 11 is 3.03. The SMILES string of the molecule is CC.CNC(=O)C(CCC=O)N(C=O)Cc1cc(NCC(=O)NCCCCCCC(=O)O)ccc1C.[B]S. The van der Waals surface area contributed by atoms with Crippen molar-refractivity contribution < 1.29 is 29.1 Å². The zero-order chi connectivity index (χ0) is 29.3. The molecule has 212 valence electrons. The molecule has 0 aliphatic heterocycles. The van der Waals surface area contributed by atoms with Gasteiger partial charge in [0, 0.05) is 38.7 Å². The Morgan fingerprint density at radius 2 is 1.76 bits per heavy atom. The second-order valence-corrected chi connectivity index (χ2v) is 8.05. The number of carbonyl (C=O) groups excluding carboxylic acids is 4. The molecule has 0 saturated carbocycles. The van der Waals surface area contributed by atoms with Crippen LogP contribution in [0, 0.1) is 6.92 Å². The molecule has 12 heteroatoms. The van der Waals surface area contributed by atoms with Crippen molar-refractivity contribution in [3.8, 4) is 0 Å². The summed E-state index contributed by atoms with van der Waals surface area (Å²) in [6.07, 6.45) is 5.02. The number of unbranched alkanes of at least 4 members (excludes halogenated alkanes) is 3. The summed E-state index contributed by atoms with van der Waals surface area (Å²) in [6.45, 7) is 6.70. The van der Waals surface area contributed by atoms with Crippen LogP contribution in [0.5, 0.6) is 0 Å². The quantitative estimate of drug-likeness (QED) is 0.0818. The van der Waals surface area contributed by atoms with Gasteiger partial charge in [-0.15, -0.1) is 0 Å². The largest absolute Gasteiger partial charge is 0.481 e. The van der Waals surface area contributed by atoms with Gasteiger partial charge in [-0.3, -0.25) is 19.2 Å². The average molecular weight is 551 g/mol. The number of thiol groups is 1. The first kappa shape index (κ1) is 37.1. The van der Waals surface area contributed by atoms with Crippen molar-refractivity contribution in [3.05, 3.63) is 29.3 Å². The molecule has 0 aliphatic rings. The van der Waals surface area contributed by atoms with Crippen LogP contribution in [0.4, 0.5) is 5.69 Å². The summed E-state index contributed by atoms with van der Waals surface area (Å²) in [4.78, 5) is 58.6. The highest BCUT2D eigenvalue weighted by molar-refractivity contribution is 8.03. The number of nitrogens with zero attached hydrogens (tertiary/aromatic N) is 1. The summed E-state index contributed by atoms with van der Waals surface area (Å²) in [6, 6.07) is 4.79. The van der Waals surface area contributed by atoms with E-state index < -0.39 is 12.0 Å². The monoisotopic (exact) mass is 550 g/mol. The molecule has 1 unspecified atom stereocenters. The summed E-state index contributed by atoms with van der Waals surface area (Å²) in [5.74, 6) is -1.28. The third-order valence-corrected chi connectivity index (χ3v) is 5.44. The summed E-state index contributed by atoms with van der Waals surface area (Å²) in [7, 11) is 5.68. The Kier molecular flexibility index (Phi) is 23.8. The summed E-state index contributed by atoms with van der Waals surface area (Å²) < 4.78 is 0. The van der Waals surface area contributed by atoms with Gasteiger partial charge in [-0.05, 0) is 49.4 Å². The molecule has 0 aromatic heterocycles. The molecule has 10 nitrogen and oxygen atoms in total. The van der Waals surface area contributed by atoms with Crippen molar-refractivity contribution in [3.63, 3.8) is 0 Å². The number of likely N-dealkylation sites (N-methyl/N-ethyl adjacent to an activating group) is 1. The number of aliphatic carboxylic acids is 1. The van der Waals surface area contributed by atoms with Gasteiger partial charge >= 0.3 is 5.97 Å². The Hall–Kier alpha value is -3.02. The molecular formula is C26H43BN4O6S. The van der Waals surface area contributed by atoms with E-state index >= 15 is 0 Å². The van der Waals surface area contributed by atoms with Crippen LogP contribution in [0.15, 0.2) is 18.2 Å². The van der Waals surface area contributed by atoms with Gasteiger partial charge < -0.3 is 30.8 Å². The Morgan fingerprint density at radius 3 is 2.34 bits per heavy atom. The Balaban J connectivity index is 0. The van der Waals surface area contributed by atoms with Crippen LogP contribution in [0.1, 0.15) is 69.9 Å². The molecule has 3 amide bonds. The normalized spacial score (nSPS) is 10.3. The zero-order valence-electron chi connectivity index (χ0n) is 23.0. The van der Waals surface area contributed by atoms with Gasteiger partial charge in [0.05, 0.1) is 6.54 Å². The lowest BCUT2D eigenvalue weighted by atomic mass is 10.0. The average Bonchev–Trinajstić information content (AvgIpc) is 2.93. The second kappa shape index (κ2) is 24.3. The van der Waals surface area contributed by atoms with Crippen molar-refractivity contribution in [2.45, 2.75) is 78.3 Å². The number of carbonyl (C=O) groups is 5. The molecular weight excluding hydrogens is 507 g/mol. The number of aryl methyl sites for hydroxylation is 1. The molecule has 0 spiro atoms. The molecule has 1 aromatic carbocycles. The number of nitrogens with one attached hydrogen (secondary N) is 3. The number of aldehydes is 1. The van der Waals surface area contributed by atoms with E-state index in [4.69, 9.17) is 5.11 Å². The molecule has 38 heavy (non-hydrogen) atoms. The number of hydrogen-bond donors (Lipinski definition) is 5. The molecule has 2 radical (unpaired) electrons. The van der Waals surface area contributed by atoms with Crippen LogP contribution in [0.25, 0.3) is 0 Å². The van der Waals surface area contributed by atoms with E-state index in [1.54, 1.807) is 0 Å². The first-order valence-electron chi connectivity index (χ1n) is 12.8. The van der Waals surface area contributed by atoms with E-state index in [2.05, 4.69) is 35.6 Å². The molecule has 0 aliphatic carbocycles. The maximum absolute atomic E-state index is 12.2. The summed E-state index contributed by atoms with van der Waals surface area (Å²) in [5, 5.41) is 17.0. The second-order valence-electron chi connectivity index (χ2n) is 8.05. The van der Waals surface area contributed by atoms with Gasteiger partial charge in [0.15, 0.2) is 7.12 Å². The first-order chi connectivity index (χ1) is 18.3. The number of carboxylic acids is 1. The highest BCUT2D eigenvalue weighted by atomic mass is 32.1. The highest BCUT2D eigenvalue weighted by Gasteiger charge is 2.24. The predicted octanol–water partition coefficient (Wildman–Crippen LogP) is 2.64. The van der Waals surface area contributed by atoms with Crippen LogP contribution >= 0.6 is 12.5 Å². The third-order valence-electron chi connectivity index (χ3n) is 5.44. The van der Waals surface area contributed by atoms with Gasteiger partial charge in [0.2, 0.25) is 18.2 Å². The van der Waals surface area contributed by atoms with E-state index in [0.717, 1.165) is 36.7 Å². The molecule has 0 saturated heterocycles. The molecule has 4 N–H and O–H groups in total. The van der Waals surface area contributed by atoms with Crippen molar-refractivity contribution in [2.24, 2.45) is 0 Å². The van der Waals surface area contributed by atoms with E-state index in [9.17, 15) is 24.0 Å². The summed E-state index contributed by atoms with van der Waals surface area (Å²) in [5.41, 5.74) is 2.45. The van der Waals surface area contributed by atoms with Gasteiger partial charge in [-0.1, -0.05) is 32.8 Å². The topological polar surface area (TPSA) is 145 Å². The van der Waals surface area contributed by atoms with Crippen LogP contribution in [-0.4, -0.2) is 73.8 Å². The smallest absolute Gasteiger partial charge is 0.303 e. The molecule has 0 heterocycles. The molecule has 0 bridgehead atoms. The predicted molar refractivity (Wildman–Crippen MR) is 154 cm³/mol. The number of carboxylic acid groups (broad SMARTS) is 1. The van der Waals surface area contributed by atoms with E-state index in [1.807, 2.05) is 39.0 Å². The lowest BCUT2D eigenvalue weighted by Crippen LogP contribution is -2.45. The fourth-order valence-electron chi connectivity index (χ4n) is 3.44. The van der Waals surface area contributed by atoms with Gasteiger partial charge in [-0.2, -0.15) is 0 Å². The zero-order valence-corrected chi connectivity index (χ0v) is 23.9. The number of hydrogen-bond acceptors (Lipinski definition) is 7. The van der Waals surface area contributed by atoms with Crippen molar-refractivity contribution in [2.75, 3.05) is 25.5 Å². The number of rotatable bonds is 18. The van der Waals surface area contributed by atoms with Gasteiger partial charge in [0.25, 0.3) is 0 Å². The molecule has 1 atom stereocenters. The van der Waals surface area contributed by atoms with Gasteiger partial charge in [-0.25, -0.2) is 12.5 Å². The van der Waals surface area contributed by atoms with Crippen molar-refractivity contribution in [1.29, 1.82) is 0 Å². The minimum absolute atomic E-state index is 0.0825. The van der Waals surface area contributed by atoms with Crippen molar-refractivity contribution in [1.82, 2.24) is 15.5 Å². The maximum Gasteiger partial charge on any atom is 0.303 e. The lowest BCUT2D eigenvalue weighted by molar-refractivity contribution is -0.137. The first-order valence-corrected chi connectivity index (χ1v) is 13.3.